The molecule has 34 heavy (non-hydrogen) atoms. The van der Waals surface area contributed by atoms with E-state index in [0.29, 0.717) is 25.2 Å². The van der Waals surface area contributed by atoms with Crippen molar-refractivity contribution in [2.45, 2.75) is 19.8 Å². The topological polar surface area (TPSA) is 74.3 Å². The van der Waals surface area contributed by atoms with Crippen LogP contribution in [0.3, 0.4) is 0 Å². The lowest BCUT2D eigenvalue weighted by atomic mass is 10.0. The van der Waals surface area contributed by atoms with Crippen molar-refractivity contribution in [1.29, 1.82) is 0 Å². The molecule has 0 spiro atoms. The molecule has 2 aliphatic rings. The number of hydrogen-bond donors (Lipinski definition) is 3. The van der Waals surface area contributed by atoms with Gasteiger partial charge in [-0.25, -0.2) is 14.4 Å². The van der Waals surface area contributed by atoms with Crippen LogP contribution in [0.15, 0.2) is 60.9 Å². The van der Waals surface area contributed by atoms with Gasteiger partial charge in [-0.15, -0.1) is 0 Å². The second-order valence-electron chi connectivity index (χ2n) is 8.49. The second kappa shape index (κ2) is 8.46. The van der Waals surface area contributed by atoms with Gasteiger partial charge in [0.2, 0.25) is 0 Å². The maximum Gasteiger partial charge on any atom is 0.153 e. The minimum absolute atomic E-state index is 0.0420. The molecule has 0 fully saturated rings. The number of aromatic nitrogens is 2. The van der Waals surface area contributed by atoms with Crippen LogP contribution in [0.1, 0.15) is 12.5 Å². The molecule has 7 nitrogen and oxygen atoms in total. The van der Waals surface area contributed by atoms with E-state index in [1.54, 1.807) is 6.07 Å². The molecule has 172 valence electrons. The Balaban J connectivity index is 1.32. The van der Waals surface area contributed by atoms with Crippen LogP contribution in [0.5, 0.6) is 5.75 Å². The Morgan fingerprint density at radius 3 is 2.79 bits per heavy atom. The molecule has 6 rings (SSSR count). The molecule has 3 heterocycles. The van der Waals surface area contributed by atoms with E-state index >= 15 is 0 Å². The van der Waals surface area contributed by atoms with Crippen molar-refractivity contribution in [1.82, 2.24) is 15.3 Å². The molecule has 8 heteroatoms. The Bertz CT molecular complexity index is 1380. The first-order chi connectivity index (χ1) is 16.7. The maximum atomic E-state index is 13.7. The highest BCUT2D eigenvalue weighted by molar-refractivity contribution is 5.89. The van der Waals surface area contributed by atoms with Crippen molar-refractivity contribution in [2.75, 3.05) is 35.2 Å². The van der Waals surface area contributed by atoms with Gasteiger partial charge in [0.05, 0.1) is 23.4 Å². The zero-order chi connectivity index (χ0) is 23.1. The number of nitrogens with one attached hydrogen (secondary N) is 3. The Kier molecular flexibility index (Phi) is 5.15. The fraction of sp³-hybridized carbons (Fsp3) is 0.231. The molecule has 0 aliphatic carbocycles. The quantitative estimate of drug-likeness (QED) is 0.416. The molecule has 0 saturated heterocycles. The second-order valence-corrected chi connectivity index (χ2v) is 8.49. The first kappa shape index (κ1) is 20.7. The van der Waals surface area contributed by atoms with E-state index < -0.39 is 0 Å². The smallest absolute Gasteiger partial charge is 0.153 e. The zero-order valence-electron chi connectivity index (χ0n) is 18.8. The van der Waals surface area contributed by atoms with Gasteiger partial charge in [-0.3, -0.25) is 5.32 Å². The average Bonchev–Trinajstić information content (AvgIpc) is 3.13. The summed E-state index contributed by atoms with van der Waals surface area (Å²) in [6, 6.07) is 17.4. The number of nitrogens with zero attached hydrogens (tertiary/aromatic N) is 3. The van der Waals surface area contributed by atoms with E-state index in [0.717, 1.165) is 51.6 Å². The van der Waals surface area contributed by atoms with Crippen molar-refractivity contribution in [2.24, 2.45) is 0 Å². The van der Waals surface area contributed by atoms with E-state index in [1.165, 1.54) is 18.5 Å². The molecule has 0 amide bonds. The fourth-order valence-electron chi connectivity index (χ4n) is 4.64. The van der Waals surface area contributed by atoms with Crippen molar-refractivity contribution in [3.63, 3.8) is 0 Å². The molecule has 0 saturated carbocycles. The Morgan fingerprint density at radius 2 is 1.88 bits per heavy atom. The van der Waals surface area contributed by atoms with E-state index in [4.69, 9.17) is 4.74 Å². The number of halogens is 1. The SMILES string of the molecule is CCNC1Nc2ccc(-c3ccc4c(c3)CN(c3ncnc5cc(F)ccc35)CCO4)cc2N1. The van der Waals surface area contributed by atoms with Crippen LogP contribution in [0.2, 0.25) is 0 Å². The Morgan fingerprint density at radius 1 is 1.03 bits per heavy atom. The van der Waals surface area contributed by atoms with E-state index in [9.17, 15) is 4.39 Å². The lowest BCUT2D eigenvalue weighted by Crippen LogP contribution is -2.38. The molecule has 2 aliphatic heterocycles. The van der Waals surface area contributed by atoms with E-state index in [1.807, 2.05) is 6.07 Å². The van der Waals surface area contributed by atoms with Crippen molar-refractivity contribution in [3.05, 3.63) is 72.3 Å². The van der Waals surface area contributed by atoms with Crippen LogP contribution in [0.25, 0.3) is 22.0 Å². The van der Waals surface area contributed by atoms with Crippen LogP contribution in [-0.4, -0.2) is 36.0 Å². The van der Waals surface area contributed by atoms with Gasteiger partial charge in [0.25, 0.3) is 0 Å². The highest BCUT2D eigenvalue weighted by Crippen LogP contribution is 2.36. The molecule has 0 radical (unpaired) electrons. The van der Waals surface area contributed by atoms with Gasteiger partial charge in [-0.2, -0.15) is 0 Å². The summed E-state index contributed by atoms with van der Waals surface area (Å²) in [5.74, 6) is 1.36. The van der Waals surface area contributed by atoms with Crippen LogP contribution >= 0.6 is 0 Å². The number of anilines is 3. The first-order valence-electron chi connectivity index (χ1n) is 11.5. The summed E-state index contributed by atoms with van der Waals surface area (Å²) in [5, 5.41) is 11.1. The number of rotatable bonds is 4. The van der Waals surface area contributed by atoms with Crippen LogP contribution in [0, 0.1) is 5.82 Å². The fourth-order valence-corrected chi connectivity index (χ4v) is 4.64. The summed E-state index contributed by atoms with van der Waals surface area (Å²) >= 11 is 0. The highest BCUT2D eigenvalue weighted by Gasteiger charge is 2.21. The highest BCUT2D eigenvalue weighted by atomic mass is 19.1. The summed E-state index contributed by atoms with van der Waals surface area (Å²) in [5.41, 5.74) is 6.10. The number of benzene rings is 3. The van der Waals surface area contributed by atoms with Crippen LogP contribution in [-0.2, 0) is 6.54 Å². The molecule has 1 aromatic heterocycles. The number of ether oxygens (including phenoxy) is 1. The normalized spacial score (nSPS) is 16.8. The predicted molar refractivity (Wildman–Crippen MR) is 133 cm³/mol. The molecular formula is C26H25FN6O. The number of fused-ring (bicyclic) bond motifs is 3. The third-order valence-corrected chi connectivity index (χ3v) is 6.28. The molecule has 3 aromatic carbocycles. The first-order valence-corrected chi connectivity index (χ1v) is 11.5. The third kappa shape index (κ3) is 3.76. The molecule has 1 unspecified atom stereocenters. The van der Waals surface area contributed by atoms with Gasteiger partial charge < -0.3 is 20.3 Å². The zero-order valence-corrected chi connectivity index (χ0v) is 18.8. The molecule has 1 atom stereocenters. The van der Waals surface area contributed by atoms with E-state index in [2.05, 4.69) is 68.1 Å². The average molecular weight is 457 g/mol. The lowest BCUT2D eigenvalue weighted by Gasteiger charge is -2.22. The lowest BCUT2D eigenvalue weighted by molar-refractivity contribution is 0.331. The van der Waals surface area contributed by atoms with Crippen LogP contribution in [0.4, 0.5) is 21.6 Å². The summed E-state index contributed by atoms with van der Waals surface area (Å²) in [6.07, 6.45) is 1.53. The van der Waals surface area contributed by atoms with Gasteiger partial charge in [0.15, 0.2) is 6.29 Å². The minimum atomic E-state index is -0.304. The Labute approximate surface area is 197 Å². The molecule has 4 aromatic rings. The summed E-state index contributed by atoms with van der Waals surface area (Å²) in [4.78, 5) is 10.9. The van der Waals surface area contributed by atoms with Crippen molar-refractivity contribution >= 4 is 28.1 Å². The van der Waals surface area contributed by atoms with Gasteiger partial charge in [-0.1, -0.05) is 19.1 Å². The molecule has 3 N–H and O–H groups in total. The Hall–Kier alpha value is -3.91. The largest absolute Gasteiger partial charge is 0.491 e. The third-order valence-electron chi connectivity index (χ3n) is 6.28. The maximum absolute atomic E-state index is 13.7. The van der Waals surface area contributed by atoms with Gasteiger partial charge in [0, 0.05) is 23.6 Å². The molecular weight excluding hydrogens is 431 g/mol. The van der Waals surface area contributed by atoms with E-state index in [-0.39, 0.29) is 12.1 Å². The standard InChI is InChI=1S/C26H25FN6O/c1-2-28-26-31-21-7-3-17(12-23(21)32-26)16-4-8-24-18(11-16)14-33(9-10-34-24)25-20-6-5-19(27)13-22(20)29-15-30-25/h3-8,11-13,15,26,28,31-32H,2,9-10,14H2,1H3. The minimum Gasteiger partial charge on any atom is -0.491 e. The number of hydrogen-bond acceptors (Lipinski definition) is 7. The predicted octanol–water partition coefficient (Wildman–Crippen LogP) is 4.57. The van der Waals surface area contributed by atoms with Crippen molar-refractivity contribution in [3.8, 4) is 16.9 Å². The van der Waals surface area contributed by atoms with Gasteiger partial charge in [0.1, 0.15) is 30.3 Å². The van der Waals surface area contributed by atoms with Crippen molar-refractivity contribution < 1.29 is 9.13 Å². The van der Waals surface area contributed by atoms with Gasteiger partial charge >= 0.3 is 0 Å². The molecule has 0 bridgehead atoms. The monoisotopic (exact) mass is 456 g/mol. The summed E-state index contributed by atoms with van der Waals surface area (Å²) in [6.45, 7) is 4.82. The summed E-state index contributed by atoms with van der Waals surface area (Å²) in [7, 11) is 0. The summed E-state index contributed by atoms with van der Waals surface area (Å²) < 4.78 is 19.8. The van der Waals surface area contributed by atoms with Gasteiger partial charge in [-0.05, 0) is 54.1 Å². The van der Waals surface area contributed by atoms with Crippen LogP contribution < -0.4 is 25.6 Å².